The van der Waals surface area contributed by atoms with Gasteiger partial charge in [-0.3, -0.25) is 10.1 Å². The van der Waals surface area contributed by atoms with Crippen LogP contribution < -0.4 is 0 Å². The molecule has 0 unspecified atom stereocenters. The quantitative estimate of drug-likeness (QED) is 0.326. The van der Waals surface area contributed by atoms with Gasteiger partial charge in [0.15, 0.2) is 0 Å². The summed E-state index contributed by atoms with van der Waals surface area (Å²) in [5.74, 6) is 0.433. The van der Waals surface area contributed by atoms with Crippen molar-refractivity contribution in [3.63, 3.8) is 0 Å². The zero-order valence-electron chi connectivity index (χ0n) is 9.33. The third-order valence-corrected chi connectivity index (χ3v) is 2.02. The second-order valence-corrected chi connectivity index (χ2v) is 3.24. The van der Waals surface area contributed by atoms with Crippen molar-refractivity contribution in [1.82, 2.24) is 0 Å². The minimum Gasteiger partial charge on any atom is -0.489 e. The van der Waals surface area contributed by atoms with E-state index >= 15 is 0 Å². The first kappa shape index (κ1) is 12.7. The topological polar surface area (TPSA) is 52.4 Å². The van der Waals surface area contributed by atoms with Crippen molar-refractivity contribution < 1.29 is 9.66 Å². The van der Waals surface area contributed by atoms with Gasteiger partial charge in [0, 0.05) is 6.07 Å². The number of para-hydroxylation sites is 1. The molecule has 0 spiro atoms. The molecule has 1 aromatic rings. The van der Waals surface area contributed by atoms with E-state index in [1.165, 1.54) is 6.07 Å². The van der Waals surface area contributed by atoms with Crippen molar-refractivity contribution in [2.75, 3.05) is 0 Å². The van der Waals surface area contributed by atoms with Crippen molar-refractivity contribution >= 4 is 5.69 Å². The van der Waals surface area contributed by atoms with E-state index in [9.17, 15) is 10.1 Å². The second-order valence-electron chi connectivity index (χ2n) is 3.24. The van der Waals surface area contributed by atoms with Crippen LogP contribution in [0.2, 0.25) is 0 Å². The Labute approximate surface area is 99.7 Å². The van der Waals surface area contributed by atoms with E-state index in [1.54, 1.807) is 36.4 Å². The van der Waals surface area contributed by atoms with Crippen LogP contribution in [0.1, 0.15) is 5.56 Å². The Kier molecular flexibility index (Phi) is 4.69. The molecule has 4 nitrogen and oxygen atoms in total. The molecule has 0 aromatic heterocycles. The summed E-state index contributed by atoms with van der Waals surface area (Å²) >= 11 is 0. The Bertz CT molecular complexity index is 463. The zero-order chi connectivity index (χ0) is 12.7. The van der Waals surface area contributed by atoms with E-state index in [0.717, 1.165) is 0 Å². The monoisotopic (exact) mass is 231 g/mol. The van der Waals surface area contributed by atoms with Gasteiger partial charge in [0.1, 0.15) is 12.4 Å². The first-order chi connectivity index (χ1) is 8.15. The van der Waals surface area contributed by atoms with E-state index in [4.69, 9.17) is 4.74 Å². The average molecular weight is 231 g/mol. The standard InChI is InChI=1S/C13H13NO3/c1-3-4-7-11(2)17-10-12-8-5-6-9-13(12)14(15)16/h3-9H,1-2,10H2/b7-4-. The van der Waals surface area contributed by atoms with E-state index in [0.29, 0.717) is 11.3 Å². The molecule has 0 saturated carbocycles. The minimum absolute atomic E-state index is 0.0491. The molecule has 0 bridgehead atoms. The number of hydrogen-bond acceptors (Lipinski definition) is 3. The zero-order valence-corrected chi connectivity index (χ0v) is 9.33. The number of hydrogen-bond donors (Lipinski definition) is 0. The van der Waals surface area contributed by atoms with E-state index in [-0.39, 0.29) is 12.3 Å². The SMILES string of the molecule is C=C/C=C\C(=C)OCc1ccccc1[N+](=O)[O-]. The van der Waals surface area contributed by atoms with Crippen molar-refractivity contribution in [3.8, 4) is 0 Å². The highest BCUT2D eigenvalue weighted by Gasteiger charge is 2.12. The maximum Gasteiger partial charge on any atom is 0.276 e. The summed E-state index contributed by atoms with van der Waals surface area (Å²) < 4.78 is 5.29. The third-order valence-electron chi connectivity index (χ3n) is 2.02. The Morgan fingerprint density at radius 1 is 1.47 bits per heavy atom. The predicted octanol–water partition coefficient (Wildman–Crippen LogP) is 3.37. The predicted molar refractivity (Wildman–Crippen MR) is 66.4 cm³/mol. The highest BCUT2D eigenvalue weighted by Crippen LogP contribution is 2.19. The summed E-state index contributed by atoms with van der Waals surface area (Å²) in [6.45, 7) is 7.29. The third kappa shape index (κ3) is 3.95. The number of nitro benzene ring substituents is 1. The van der Waals surface area contributed by atoms with E-state index in [1.807, 2.05) is 0 Å². The van der Waals surface area contributed by atoms with E-state index < -0.39 is 4.92 Å². The normalized spacial score (nSPS) is 10.1. The Balaban J connectivity index is 2.69. The van der Waals surface area contributed by atoms with Gasteiger partial charge < -0.3 is 4.74 Å². The van der Waals surface area contributed by atoms with Gasteiger partial charge in [-0.25, -0.2) is 0 Å². The molecule has 0 aliphatic rings. The molecule has 0 heterocycles. The summed E-state index contributed by atoms with van der Waals surface area (Å²) in [5.41, 5.74) is 0.568. The summed E-state index contributed by atoms with van der Waals surface area (Å²) in [6, 6.07) is 6.45. The fourth-order valence-corrected chi connectivity index (χ4v) is 1.20. The molecule has 88 valence electrons. The van der Waals surface area contributed by atoms with Gasteiger partial charge in [0.05, 0.1) is 10.5 Å². The molecule has 0 aliphatic heterocycles. The Morgan fingerprint density at radius 3 is 2.82 bits per heavy atom. The van der Waals surface area contributed by atoms with E-state index in [2.05, 4.69) is 13.2 Å². The van der Waals surface area contributed by atoms with Gasteiger partial charge in [0.2, 0.25) is 0 Å². The maximum atomic E-state index is 10.7. The molecule has 0 amide bonds. The number of nitrogens with zero attached hydrogens (tertiary/aromatic N) is 1. The lowest BCUT2D eigenvalue weighted by Gasteiger charge is -2.05. The van der Waals surface area contributed by atoms with Gasteiger partial charge in [-0.15, -0.1) is 0 Å². The molecule has 1 rings (SSSR count). The minimum atomic E-state index is -0.430. The lowest BCUT2D eigenvalue weighted by molar-refractivity contribution is -0.385. The molecule has 0 atom stereocenters. The lowest BCUT2D eigenvalue weighted by atomic mass is 10.2. The molecule has 0 aliphatic carbocycles. The van der Waals surface area contributed by atoms with Gasteiger partial charge in [-0.1, -0.05) is 37.4 Å². The first-order valence-corrected chi connectivity index (χ1v) is 4.98. The van der Waals surface area contributed by atoms with Crippen LogP contribution in [-0.4, -0.2) is 4.92 Å². The van der Waals surface area contributed by atoms with Gasteiger partial charge in [-0.2, -0.15) is 0 Å². The molecular weight excluding hydrogens is 218 g/mol. The molecule has 0 saturated heterocycles. The van der Waals surface area contributed by atoms with Crippen LogP contribution in [0.4, 0.5) is 5.69 Å². The molecule has 0 fully saturated rings. The number of allylic oxidation sites excluding steroid dienone is 3. The van der Waals surface area contributed by atoms with Crippen molar-refractivity contribution in [2.45, 2.75) is 6.61 Å². The van der Waals surface area contributed by atoms with Crippen LogP contribution in [-0.2, 0) is 11.3 Å². The molecular formula is C13H13NO3. The fourth-order valence-electron chi connectivity index (χ4n) is 1.20. The Morgan fingerprint density at radius 2 is 2.18 bits per heavy atom. The molecule has 1 aromatic carbocycles. The van der Waals surface area contributed by atoms with Crippen molar-refractivity contribution in [1.29, 1.82) is 0 Å². The summed E-state index contributed by atoms with van der Waals surface area (Å²) in [5, 5.41) is 10.7. The second kappa shape index (κ2) is 6.27. The van der Waals surface area contributed by atoms with Crippen LogP contribution in [0.3, 0.4) is 0 Å². The number of benzene rings is 1. The van der Waals surface area contributed by atoms with Gasteiger partial charge in [-0.05, 0) is 12.1 Å². The maximum absolute atomic E-state index is 10.7. The van der Waals surface area contributed by atoms with Gasteiger partial charge >= 0.3 is 0 Å². The van der Waals surface area contributed by atoms with Crippen molar-refractivity contribution in [3.05, 3.63) is 77.1 Å². The van der Waals surface area contributed by atoms with Crippen molar-refractivity contribution in [2.24, 2.45) is 0 Å². The average Bonchev–Trinajstić information content (AvgIpc) is 2.34. The molecule has 17 heavy (non-hydrogen) atoms. The van der Waals surface area contributed by atoms with Gasteiger partial charge in [0.25, 0.3) is 5.69 Å². The Hall–Kier alpha value is -2.36. The molecule has 0 radical (unpaired) electrons. The van der Waals surface area contributed by atoms with Crippen LogP contribution in [0.15, 0.2) is 61.4 Å². The van der Waals surface area contributed by atoms with Crippen LogP contribution in [0.25, 0.3) is 0 Å². The molecule has 4 heteroatoms. The first-order valence-electron chi connectivity index (χ1n) is 4.98. The number of nitro groups is 1. The number of ether oxygens (including phenoxy) is 1. The van der Waals surface area contributed by atoms with Crippen LogP contribution in [0.5, 0.6) is 0 Å². The highest BCUT2D eigenvalue weighted by molar-refractivity contribution is 5.39. The largest absolute Gasteiger partial charge is 0.489 e. The lowest BCUT2D eigenvalue weighted by Crippen LogP contribution is -1.97. The highest BCUT2D eigenvalue weighted by atomic mass is 16.6. The molecule has 0 N–H and O–H groups in total. The van der Waals surface area contributed by atoms with Crippen LogP contribution in [0, 0.1) is 10.1 Å². The van der Waals surface area contributed by atoms with Crippen LogP contribution >= 0.6 is 0 Å². The summed E-state index contributed by atoms with van der Waals surface area (Å²) in [7, 11) is 0. The summed E-state index contributed by atoms with van der Waals surface area (Å²) in [4.78, 5) is 10.3. The number of rotatable bonds is 6. The summed E-state index contributed by atoms with van der Waals surface area (Å²) in [6.07, 6.45) is 4.92. The smallest absolute Gasteiger partial charge is 0.276 e. The fraction of sp³-hybridized carbons (Fsp3) is 0.0769.